The second kappa shape index (κ2) is 6.96. The molecule has 1 amide bonds. The Balaban J connectivity index is 1.82. The number of aliphatic hydroxyl groups excluding tert-OH is 1. The topological polar surface area (TPSA) is 40.5 Å². The Morgan fingerprint density at radius 1 is 1.42 bits per heavy atom. The number of aliphatic hydroxyl groups is 1. The summed E-state index contributed by atoms with van der Waals surface area (Å²) in [6, 6.07) is 8.34. The Kier molecular flexibility index (Phi) is 5.28. The van der Waals surface area contributed by atoms with Gasteiger partial charge >= 0.3 is 0 Å². The molecule has 0 bridgehead atoms. The Labute approximate surface area is 119 Å². The van der Waals surface area contributed by atoms with Gasteiger partial charge in [-0.2, -0.15) is 11.8 Å². The lowest BCUT2D eigenvalue weighted by Gasteiger charge is -2.28. The van der Waals surface area contributed by atoms with E-state index in [1.807, 2.05) is 17.9 Å². The normalized spacial score (nSPS) is 16.0. The monoisotopic (exact) mass is 279 g/mol. The first kappa shape index (κ1) is 14.4. The lowest BCUT2D eigenvalue weighted by Crippen LogP contribution is -2.37. The molecule has 0 saturated heterocycles. The second-order valence-electron chi connectivity index (χ2n) is 5.14. The summed E-state index contributed by atoms with van der Waals surface area (Å²) in [6.45, 7) is 3.75. The highest BCUT2D eigenvalue weighted by atomic mass is 32.2. The summed E-state index contributed by atoms with van der Waals surface area (Å²) < 4.78 is 0. The van der Waals surface area contributed by atoms with Crippen LogP contribution < -0.4 is 0 Å². The summed E-state index contributed by atoms with van der Waals surface area (Å²) >= 11 is 1.62. The van der Waals surface area contributed by atoms with Gasteiger partial charge in [0.05, 0.1) is 5.75 Å². The Bertz CT molecular complexity index is 436. The van der Waals surface area contributed by atoms with Crippen LogP contribution in [-0.2, 0) is 17.8 Å². The predicted octanol–water partition coefficient (Wildman–Crippen LogP) is 1.93. The number of rotatable bonds is 5. The third kappa shape index (κ3) is 3.98. The van der Waals surface area contributed by atoms with E-state index in [-0.39, 0.29) is 18.4 Å². The van der Waals surface area contributed by atoms with Crippen molar-refractivity contribution in [3.63, 3.8) is 0 Å². The van der Waals surface area contributed by atoms with Crippen LogP contribution in [0.1, 0.15) is 18.1 Å². The van der Waals surface area contributed by atoms with Gasteiger partial charge in [-0.25, -0.2) is 0 Å². The fourth-order valence-electron chi connectivity index (χ4n) is 2.20. The molecule has 1 aliphatic heterocycles. The minimum absolute atomic E-state index is 0.193. The summed E-state index contributed by atoms with van der Waals surface area (Å²) in [4.78, 5) is 14.1. The van der Waals surface area contributed by atoms with Crippen molar-refractivity contribution in [2.45, 2.75) is 19.9 Å². The smallest absolute Gasteiger partial charge is 0.232 e. The summed E-state index contributed by atoms with van der Waals surface area (Å²) in [7, 11) is 0. The fraction of sp³-hybridized carbons (Fsp3) is 0.533. The van der Waals surface area contributed by atoms with E-state index in [1.165, 1.54) is 11.1 Å². The number of thioether (sulfide) groups is 1. The van der Waals surface area contributed by atoms with Crippen LogP contribution in [0.2, 0.25) is 0 Å². The third-order valence-corrected chi connectivity index (χ3v) is 4.68. The molecule has 19 heavy (non-hydrogen) atoms. The van der Waals surface area contributed by atoms with Crippen LogP contribution in [0.4, 0.5) is 0 Å². The van der Waals surface area contributed by atoms with Gasteiger partial charge in [0.2, 0.25) is 5.91 Å². The number of carbonyl (C=O) groups is 1. The maximum absolute atomic E-state index is 12.1. The Morgan fingerprint density at radius 3 is 2.89 bits per heavy atom. The lowest BCUT2D eigenvalue weighted by molar-refractivity contribution is -0.129. The van der Waals surface area contributed by atoms with Crippen LogP contribution in [0.5, 0.6) is 0 Å². The zero-order chi connectivity index (χ0) is 13.7. The van der Waals surface area contributed by atoms with Gasteiger partial charge in [0.1, 0.15) is 0 Å². The molecule has 3 nitrogen and oxygen atoms in total. The summed E-state index contributed by atoms with van der Waals surface area (Å²) in [5, 5.41) is 8.95. The first-order chi connectivity index (χ1) is 9.20. The van der Waals surface area contributed by atoms with Crippen molar-refractivity contribution in [1.29, 1.82) is 0 Å². The number of nitrogens with zero attached hydrogens (tertiary/aromatic N) is 1. The number of hydrogen-bond donors (Lipinski definition) is 1. The van der Waals surface area contributed by atoms with Crippen LogP contribution >= 0.6 is 11.8 Å². The molecule has 1 atom stereocenters. The van der Waals surface area contributed by atoms with E-state index in [1.54, 1.807) is 11.8 Å². The molecule has 104 valence electrons. The number of carbonyl (C=O) groups excluding carboxylic acids is 1. The van der Waals surface area contributed by atoms with E-state index < -0.39 is 0 Å². The molecular formula is C15H21NO2S. The largest absolute Gasteiger partial charge is 0.396 e. The number of amides is 1. The maximum atomic E-state index is 12.1. The Hall–Kier alpha value is -1.00. The van der Waals surface area contributed by atoms with Crippen molar-refractivity contribution >= 4 is 17.7 Å². The van der Waals surface area contributed by atoms with Crippen molar-refractivity contribution in [2.75, 3.05) is 24.7 Å². The molecule has 0 radical (unpaired) electrons. The summed E-state index contributed by atoms with van der Waals surface area (Å²) in [6.07, 6.45) is 0.958. The summed E-state index contributed by atoms with van der Waals surface area (Å²) in [5.41, 5.74) is 2.64. The van der Waals surface area contributed by atoms with Crippen LogP contribution in [-0.4, -0.2) is 40.6 Å². The molecule has 1 aromatic rings. The van der Waals surface area contributed by atoms with E-state index in [2.05, 4.69) is 18.2 Å². The standard InChI is InChI=1S/C15H21NO2S/c1-12(9-17)10-19-11-15(18)16-7-6-13-4-2-3-5-14(13)8-16/h2-5,12,17H,6-11H2,1H3. The Morgan fingerprint density at radius 2 is 2.16 bits per heavy atom. The maximum Gasteiger partial charge on any atom is 0.232 e. The van der Waals surface area contributed by atoms with E-state index in [4.69, 9.17) is 5.11 Å². The molecule has 0 fully saturated rings. The zero-order valence-corrected chi connectivity index (χ0v) is 12.2. The summed E-state index contributed by atoms with van der Waals surface area (Å²) in [5.74, 6) is 1.84. The van der Waals surface area contributed by atoms with Crippen LogP contribution in [0, 0.1) is 5.92 Å². The van der Waals surface area contributed by atoms with Gasteiger partial charge in [-0.15, -0.1) is 0 Å². The minimum Gasteiger partial charge on any atom is -0.396 e. The van der Waals surface area contributed by atoms with Gasteiger partial charge in [0.25, 0.3) is 0 Å². The molecule has 0 saturated carbocycles. The number of hydrogen-bond acceptors (Lipinski definition) is 3. The van der Waals surface area contributed by atoms with Gasteiger partial charge in [-0.3, -0.25) is 4.79 Å². The lowest BCUT2D eigenvalue weighted by atomic mass is 10.00. The molecular weight excluding hydrogens is 258 g/mol. The molecule has 1 unspecified atom stereocenters. The number of benzene rings is 1. The molecule has 0 spiro atoms. The van der Waals surface area contributed by atoms with Crippen molar-refractivity contribution < 1.29 is 9.90 Å². The van der Waals surface area contributed by atoms with Crippen molar-refractivity contribution in [1.82, 2.24) is 4.90 Å². The molecule has 2 rings (SSSR count). The fourth-order valence-corrected chi connectivity index (χ4v) is 3.18. The van der Waals surface area contributed by atoms with E-state index in [0.29, 0.717) is 5.75 Å². The predicted molar refractivity (Wildman–Crippen MR) is 79.1 cm³/mol. The molecule has 1 aliphatic rings. The van der Waals surface area contributed by atoms with E-state index >= 15 is 0 Å². The van der Waals surface area contributed by atoms with Gasteiger partial charge in [-0.05, 0) is 29.2 Å². The third-order valence-electron chi connectivity index (χ3n) is 3.42. The van der Waals surface area contributed by atoms with Crippen molar-refractivity contribution in [3.05, 3.63) is 35.4 Å². The molecule has 1 heterocycles. The zero-order valence-electron chi connectivity index (χ0n) is 11.3. The molecule has 1 aromatic carbocycles. The van der Waals surface area contributed by atoms with Crippen molar-refractivity contribution in [3.8, 4) is 0 Å². The van der Waals surface area contributed by atoms with E-state index in [9.17, 15) is 4.79 Å². The average molecular weight is 279 g/mol. The first-order valence-electron chi connectivity index (χ1n) is 6.74. The molecule has 0 aromatic heterocycles. The van der Waals surface area contributed by atoms with Gasteiger partial charge in [0, 0.05) is 19.7 Å². The van der Waals surface area contributed by atoms with Crippen LogP contribution in [0.3, 0.4) is 0 Å². The highest BCUT2D eigenvalue weighted by Crippen LogP contribution is 2.19. The first-order valence-corrected chi connectivity index (χ1v) is 7.89. The minimum atomic E-state index is 0.193. The van der Waals surface area contributed by atoms with Crippen LogP contribution in [0.15, 0.2) is 24.3 Å². The number of fused-ring (bicyclic) bond motifs is 1. The van der Waals surface area contributed by atoms with Gasteiger partial charge in [-0.1, -0.05) is 31.2 Å². The van der Waals surface area contributed by atoms with E-state index in [0.717, 1.165) is 25.3 Å². The highest BCUT2D eigenvalue weighted by molar-refractivity contribution is 7.99. The van der Waals surface area contributed by atoms with Crippen LogP contribution in [0.25, 0.3) is 0 Å². The highest BCUT2D eigenvalue weighted by Gasteiger charge is 2.20. The quantitative estimate of drug-likeness (QED) is 0.895. The molecule has 1 N–H and O–H groups in total. The van der Waals surface area contributed by atoms with Gasteiger partial charge in [0.15, 0.2) is 0 Å². The molecule has 0 aliphatic carbocycles. The average Bonchev–Trinajstić information content (AvgIpc) is 2.46. The van der Waals surface area contributed by atoms with Gasteiger partial charge < -0.3 is 10.0 Å². The SMILES string of the molecule is CC(CO)CSCC(=O)N1CCc2ccccc2C1. The van der Waals surface area contributed by atoms with Crippen molar-refractivity contribution in [2.24, 2.45) is 5.92 Å². The molecule has 4 heteroatoms. The second-order valence-corrected chi connectivity index (χ2v) is 6.17.